The molecule has 0 spiro atoms. The van der Waals surface area contributed by atoms with Crippen molar-refractivity contribution in [1.29, 1.82) is 0 Å². The minimum atomic E-state index is -3.56. The Morgan fingerprint density at radius 3 is 2.67 bits per heavy atom. The lowest BCUT2D eigenvalue weighted by atomic mass is 10.2. The van der Waals surface area contributed by atoms with Gasteiger partial charge >= 0.3 is 0 Å². The van der Waals surface area contributed by atoms with E-state index in [2.05, 4.69) is 11.3 Å². The number of ether oxygens (including phenoxy) is 1. The number of nitrogens with zero attached hydrogens (tertiary/aromatic N) is 1. The summed E-state index contributed by atoms with van der Waals surface area (Å²) >= 11 is 0. The molecule has 1 heterocycles. The highest BCUT2D eigenvalue weighted by Crippen LogP contribution is 2.26. The van der Waals surface area contributed by atoms with Crippen LogP contribution in [0.1, 0.15) is 0 Å². The van der Waals surface area contributed by atoms with E-state index in [1.165, 1.54) is 13.2 Å². The maximum atomic E-state index is 13.9. The molecule has 5 nitrogen and oxygen atoms in total. The first-order valence-corrected chi connectivity index (χ1v) is 8.58. The third-order valence-corrected chi connectivity index (χ3v) is 4.54. The van der Waals surface area contributed by atoms with Crippen LogP contribution in [0.3, 0.4) is 0 Å². The molecule has 0 atom stereocenters. The quantitative estimate of drug-likeness (QED) is 0.767. The predicted molar refractivity (Wildman–Crippen MR) is 92.5 cm³/mol. The summed E-state index contributed by atoms with van der Waals surface area (Å²) in [5.74, 6) is -0.274. The highest BCUT2D eigenvalue weighted by molar-refractivity contribution is 7.95. The summed E-state index contributed by atoms with van der Waals surface area (Å²) in [5.41, 5.74) is 1.89. The number of nitrogens with one attached hydrogen (secondary N) is 1. The third-order valence-electron chi connectivity index (χ3n) is 3.58. The molecule has 0 saturated heterocycles. The van der Waals surface area contributed by atoms with Crippen LogP contribution >= 0.6 is 0 Å². The van der Waals surface area contributed by atoms with Crippen LogP contribution < -0.4 is 9.46 Å². The van der Waals surface area contributed by atoms with Crippen molar-refractivity contribution in [3.8, 4) is 11.4 Å². The molecule has 0 aliphatic carbocycles. The van der Waals surface area contributed by atoms with E-state index in [1.807, 2.05) is 10.6 Å². The van der Waals surface area contributed by atoms with E-state index < -0.39 is 15.8 Å². The monoisotopic (exact) mass is 346 g/mol. The number of anilines is 1. The first-order chi connectivity index (χ1) is 11.4. The van der Waals surface area contributed by atoms with Gasteiger partial charge in [0.05, 0.1) is 12.6 Å². The van der Waals surface area contributed by atoms with Crippen molar-refractivity contribution in [2.24, 2.45) is 0 Å². The number of methoxy groups -OCH3 is 1. The zero-order valence-corrected chi connectivity index (χ0v) is 13.7. The van der Waals surface area contributed by atoms with Gasteiger partial charge in [-0.3, -0.25) is 4.72 Å². The number of hydrogen-bond donors (Lipinski definition) is 1. The Bertz CT molecular complexity index is 1030. The van der Waals surface area contributed by atoms with E-state index in [9.17, 15) is 12.8 Å². The van der Waals surface area contributed by atoms with Gasteiger partial charge in [-0.05, 0) is 36.4 Å². The average Bonchev–Trinajstić information content (AvgIpc) is 2.97. The van der Waals surface area contributed by atoms with E-state index in [1.54, 1.807) is 36.5 Å². The van der Waals surface area contributed by atoms with Gasteiger partial charge < -0.3 is 9.30 Å². The fraction of sp³-hybridized carbons (Fsp3) is 0.0588. The number of benzene rings is 2. The molecule has 124 valence electrons. The zero-order chi connectivity index (χ0) is 17.3. The third kappa shape index (κ3) is 2.98. The van der Waals surface area contributed by atoms with Gasteiger partial charge in [0, 0.05) is 34.4 Å². The summed E-state index contributed by atoms with van der Waals surface area (Å²) < 4.78 is 46.1. The van der Waals surface area contributed by atoms with Crippen molar-refractivity contribution in [3.05, 3.63) is 66.5 Å². The van der Waals surface area contributed by atoms with Crippen molar-refractivity contribution in [1.82, 2.24) is 4.57 Å². The maximum absolute atomic E-state index is 13.9. The lowest BCUT2D eigenvalue weighted by molar-refractivity contribution is 0.386. The number of halogens is 1. The van der Waals surface area contributed by atoms with E-state index >= 15 is 0 Å². The Labute approximate surface area is 139 Å². The van der Waals surface area contributed by atoms with E-state index in [-0.39, 0.29) is 5.75 Å². The van der Waals surface area contributed by atoms with Gasteiger partial charge in [0.15, 0.2) is 11.6 Å². The summed E-state index contributed by atoms with van der Waals surface area (Å²) in [5, 5.41) is 1.66. The van der Waals surface area contributed by atoms with Crippen LogP contribution in [0, 0.1) is 5.82 Å². The van der Waals surface area contributed by atoms with Crippen molar-refractivity contribution in [2.45, 2.75) is 0 Å². The van der Waals surface area contributed by atoms with Crippen LogP contribution in [0.4, 0.5) is 10.1 Å². The van der Waals surface area contributed by atoms with Gasteiger partial charge in [-0.25, -0.2) is 12.8 Å². The van der Waals surface area contributed by atoms with Crippen molar-refractivity contribution < 1.29 is 17.5 Å². The average molecular weight is 346 g/mol. The highest BCUT2D eigenvalue weighted by Gasteiger charge is 2.10. The van der Waals surface area contributed by atoms with Crippen LogP contribution in [-0.2, 0) is 10.0 Å². The number of hydrogen-bond acceptors (Lipinski definition) is 3. The molecule has 0 fully saturated rings. The lowest BCUT2D eigenvalue weighted by Crippen LogP contribution is -2.08. The van der Waals surface area contributed by atoms with Gasteiger partial charge in [0.1, 0.15) is 0 Å². The molecular weight excluding hydrogens is 331 g/mol. The minimum Gasteiger partial charge on any atom is -0.494 e. The minimum absolute atomic E-state index is 0.177. The lowest BCUT2D eigenvalue weighted by Gasteiger charge is -2.09. The van der Waals surface area contributed by atoms with E-state index in [0.29, 0.717) is 11.4 Å². The van der Waals surface area contributed by atoms with Crippen molar-refractivity contribution >= 4 is 26.6 Å². The molecule has 0 bridgehead atoms. The summed E-state index contributed by atoms with van der Waals surface area (Å²) in [6, 6.07) is 11.6. The van der Waals surface area contributed by atoms with Crippen LogP contribution in [-0.4, -0.2) is 20.1 Å². The van der Waals surface area contributed by atoms with Gasteiger partial charge in [0.25, 0.3) is 10.0 Å². The Kier molecular flexibility index (Phi) is 4.02. The van der Waals surface area contributed by atoms with Gasteiger partial charge in [-0.2, -0.15) is 0 Å². The second-order valence-corrected chi connectivity index (χ2v) is 6.72. The standard InChI is InChI=1S/C17H15FN2O3S/c1-3-24(21,22)19-13-4-6-16-12(10-13)8-9-20(16)14-5-7-17(23-2)15(18)11-14/h3-11,19H,1H2,2H3. The first kappa shape index (κ1) is 16.1. The van der Waals surface area contributed by atoms with Gasteiger partial charge in [-0.15, -0.1) is 0 Å². The topological polar surface area (TPSA) is 60.3 Å². The summed E-state index contributed by atoms with van der Waals surface area (Å²) in [7, 11) is -2.14. The first-order valence-electron chi connectivity index (χ1n) is 7.04. The summed E-state index contributed by atoms with van der Waals surface area (Å²) in [6.45, 7) is 3.26. The van der Waals surface area contributed by atoms with Gasteiger partial charge in [0.2, 0.25) is 0 Å². The Morgan fingerprint density at radius 2 is 2.00 bits per heavy atom. The second-order valence-electron chi connectivity index (χ2n) is 5.09. The fourth-order valence-electron chi connectivity index (χ4n) is 2.44. The molecule has 1 N–H and O–H groups in total. The molecule has 0 radical (unpaired) electrons. The van der Waals surface area contributed by atoms with Crippen LogP contribution in [0.25, 0.3) is 16.6 Å². The van der Waals surface area contributed by atoms with Crippen LogP contribution in [0.15, 0.2) is 60.6 Å². The van der Waals surface area contributed by atoms with E-state index in [0.717, 1.165) is 16.3 Å². The van der Waals surface area contributed by atoms with Gasteiger partial charge in [-0.1, -0.05) is 6.58 Å². The molecule has 1 aromatic heterocycles. The molecule has 0 saturated carbocycles. The molecule has 0 amide bonds. The number of aromatic nitrogens is 1. The molecule has 0 unspecified atom stereocenters. The molecule has 3 aromatic rings. The molecule has 24 heavy (non-hydrogen) atoms. The normalized spacial score (nSPS) is 11.4. The smallest absolute Gasteiger partial charge is 0.254 e. The Hall–Kier alpha value is -2.80. The Morgan fingerprint density at radius 1 is 1.21 bits per heavy atom. The largest absolute Gasteiger partial charge is 0.494 e. The van der Waals surface area contributed by atoms with Crippen LogP contribution in [0.5, 0.6) is 5.75 Å². The Balaban J connectivity index is 2.02. The molecule has 2 aromatic carbocycles. The van der Waals surface area contributed by atoms with E-state index in [4.69, 9.17) is 4.74 Å². The highest BCUT2D eigenvalue weighted by atomic mass is 32.2. The molecule has 3 rings (SSSR count). The predicted octanol–water partition coefficient (Wildman–Crippen LogP) is 3.66. The van der Waals surface area contributed by atoms with Crippen molar-refractivity contribution in [2.75, 3.05) is 11.8 Å². The molecule has 0 aliphatic rings. The zero-order valence-electron chi connectivity index (χ0n) is 12.9. The fourth-order valence-corrected chi connectivity index (χ4v) is 2.98. The molecule has 7 heteroatoms. The number of rotatable bonds is 5. The second kappa shape index (κ2) is 6.01. The summed E-state index contributed by atoms with van der Waals surface area (Å²) in [4.78, 5) is 0. The summed E-state index contributed by atoms with van der Waals surface area (Å²) in [6.07, 6.45) is 1.79. The van der Waals surface area contributed by atoms with Crippen molar-refractivity contribution in [3.63, 3.8) is 0 Å². The SMILES string of the molecule is C=CS(=O)(=O)Nc1ccc2c(ccn2-c2ccc(OC)c(F)c2)c1. The number of sulfonamides is 1. The molecule has 0 aliphatic heterocycles. The van der Waals surface area contributed by atoms with Crippen LogP contribution in [0.2, 0.25) is 0 Å². The molecular formula is C17H15FN2O3S. The number of fused-ring (bicyclic) bond motifs is 1. The maximum Gasteiger partial charge on any atom is 0.254 e.